The van der Waals surface area contributed by atoms with Crippen molar-refractivity contribution < 1.29 is 4.79 Å². The summed E-state index contributed by atoms with van der Waals surface area (Å²) >= 11 is 1.67. The molecule has 0 aliphatic carbocycles. The first kappa shape index (κ1) is 16.4. The fourth-order valence-electron chi connectivity index (χ4n) is 3.18. The fraction of sp³-hybridized carbons (Fsp3) is 0. The smallest absolute Gasteiger partial charge is 0.221 e. The van der Waals surface area contributed by atoms with Crippen molar-refractivity contribution in [1.29, 1.82) is 0 Å². The van der Waals surface area contributed by atoms with Crippen LogP contribution in [0.15, 0.2) is 54.9 Å². The van der Waals surface area contributed by atoms with Gasteiger partial charge in [-0.05, 0) is 41.8 Å². The molecule has 0 aliphatic rings. The van der Waals surface area contributed by atoms with E-state index in [4.69, 9.17) is 5.73 Å². The lowest BCUT2D eigenvalue weighted by Gasteiger charge is -2.08. The van der Waals surface area contributed by atoms with E-state index < -0.39 is 0 Å². The number of hydrogen-bond donors (Lipinski definition) is 3. The number of rotatable bonds is 4. The number of aromatic nitrogens is 4. The molecule has 0 saturated carbocycles. The molecule has 0 radical (unpaired) electrons. The number of benzene rings is 2. The Balaban J connectivity index is 1.64. The van der Waals surface area contributed by atoms with Crippen LogP contribution in [0, 0.1) is 0 Å². The SMILES string of the molecule is Nc1nccc(Nc2cc(-c3cc4cc(C=O)ccc4s3)c3[nH]ncc3c2)n1. The minimum absolute atomic E-state index is 0.213. The second kappa shape index (κ2) is 6.43. The molecule has 0 amide bonds. The van der Waals surface area contributed by atoms with Crippen molar-refractivity contribution in [2.24, 2.45) is 0 Å². The van der Waals surface area contributed by atoms with Crippen LogP contribution in [0.3, 0.4) is 0 Å². The Hall–Kier alpha value is -3.78. The number of anilines is 3. The van der Waals surface area contributed by atoms with Gasteiger partial charge in [-0.1, -0.05) is 6.07 Å². The van der Waals surface area contributed by atoms with Crippen LogP contribution in [0.5, 0.6) is 0 Å². The van der Waals surface area contributed by atoms with Gasteiger partial charge in [0, 0.05) is 38.0 Å². The number of thiophene rings is 1. The first-order valence-electron chi connectivity index (χ1n) is 8.51. The van der Waals surface area contributed by atoms with E-state index in [1.54, 1.807) is 29.8 Å². The number of nitrogens with zero attached hydrogens (tertiary/aromatic N) is 3. The summed E-state index contributed by atoms with van der Waals surface area (Å²) in [5.41, 5.74) is 9.18. The molecule has 2 aromatic carbocycles. The molecule has 0 saturated heterocycles. The Morgan fingerprint density at radius 3 is 2.89 bits per heavy atom. The van der Waals surface area contributed by atoms with E-state index >= 15 is 0 Å². The van der Waals surface area contributed by atoms with Crippen LogP contribution in [-0.2, 0) is 0 Å². The van der Waals surface area contributed by atoms with E-state index in [0.29, 0.717) is 11.4 Å². The Morgan fingerprint density at radius 1 is 1.11 bits per heavy atom. The van der Waals surface area contributed by atoms with E-state index in [-0.39, 0.29) is 5.95 Å². The predicted molar refractivity (Wildman–Crippen MR) is 112 cm³/mol. The number of H-pyrrole nitrogens is 1. The summed E-state index contributed by atoms with van der Waals surface area (Å²) in [5.74, 6) is 0.832. The number of hydrogen-bond acceptors (Lipinski definition) is 7. The number of carbonyl (C=O) groups is 1. The van der Waals surface area contributed by atoms with Gasteiger partial charge in [0.15, 0.2) is 0 Å². The maximum Gasteiger partial charge on any atom is 0.221 e. The molecule has 0 spiro atoms. The number of nitrogens with one attached hydrogen (secondary N) is 2. The molecular formula is C20H14N6OS. The normalized spacial score (nSPS) is 11.1. The van der Waals surface area contributed by atoms with E-state index in [0.717, 1.165) is 43.4 Å². The van der Waals surface area contributed by atoms with Gasteiger partial charge in [-0.2, -0.15) is 10.1 Å². The zero-order valence-electron chi connectivity index (χ0n) is 14.5. The topological polar surface area (TPSA) is 110 Å². The molecule has 0 fully saturated rings. The number of fused-ring (bicyclic) bond motifs is 2. The molecule has 0 aliphatic heterocycles. The molecule has 28 heavy (non-hydrogen) atoms. The maximum absolute atomic E-state index is 11.1. The van der Waals surface area contributed by atoms with Gasteiger partial charge >= 0.3 is 0 Å². The summed E-state index contributed by atoms with van der Waals surface area (Å²) in [5, 5.41) is 12.6. The average molecular weight is 386 g/mol. The van der Waals surface area contributed by atoms with Gasteiger partial charge in [-0.25, -0.2) is 4.98 Å². The van der Waals surface area contributed by atoms with Crippen molar-refractivity contribution in [2.75, 3.05) is 11.1 Å². The van der Waals surface area contributed by atoms with Crippen LogP contribution >= 0.6 is 11.3 Å². The molecule has 3 aromatic heterocycles. The lowest BCUT2D eigenvalue weighted by Crippen LogP contribution is -1.99. The highest BCUT2D eigenvalue weighted by Crippen LogP contribution is 2.38. The number of carbonyl (C=O) groups excluding carboxylic acids is 1. The molecule has 0 atom stereocenters. The van der Waals surface area contributed by atoms with E-state index in [1.807, 2.05) is 30.3 Å². The molecule has 7 nitrogen and oxygen atoms in total. The van der Waals surface area contributed by atoms with Crippen molar-refractivity contribution in [3.8, 4) is 10.4 Å². The van der Waals surface area contributed by atoms with Crippen LogP contribution in [0.2, 0.25) is 0 Å². The minimum Gasteiger partial charge on any atom is -0.368 e. The van der Waals surface area contributed by atoms with Crippen molar-refractivity contribution in [1.82, 2.24) is 20.2 Å². The molecule has 0 bridgehead atoms. The first-order chi connectivity index (χ1) is 13.7. The Morgan fingerprint density at radius 2 is 2.04 bits per heavy atom. The fourth-order valence-corrected chi connectivity index (χ4v) is 4.25. The number of aldehydes is 1. The Bertz CT molecular complexity index is 1340. The van der Waals surface area contributed by atoms with E-state index in [1.165, 1.54) is 0 Å². The van der Waals surface area contributed by atoms with E-state index in [9.17, 15) is 4.79 Å². The number of aromatic amines is 1. The lowest BCUT2D eigenvalue weighted by molar-refractivity contribution is 0.112. The third kappa shape index (κ3) is 2.85. The number of nitrogens with two attached hydrogens (primary N) is 1. The summed E-state index contributed by atoms with van der Waals surface area (Å²) in [6, 6.07) is 13.6. The molecule has 8 heteroatoms. The third-order valence-corrected chi connectivity index (χ3v) is 5.59. The Kier molecular flexibility index (Phi) is 3.77. The van der Waals surface area contributed by atoms with Crippen molar-refractivity contribution in [2.45, 2.75) is 0 Å². The molecule has 0 unspecified atom stereocenters. The lowest BCUT2D eigenvalue weighted by atomic mass is 10.1. The highest BCUT2D eigenvalue weighted by molar-refractivity contribution is 7.22. The average Bonchev–Trinajstić information content (AvgIpc) is 3.33. The molecular weight excluding hydrogens is 372 g/mol. The summed E-state index contributed by atoms with van der Waals surface area (Å²) < 4.78 is 1.12. The highest BCUT2D eigenvalue weighted by Gasteiger charge is 2.12. The van der Waals surface area contributed by atoms with Crippen LogP contribution in [-0.4, -0.2) is 26.5 Å². The quantitative estimate of drug-likeness (QED) is 0.396. The summed E-state index contributed by atoms with van der Waals surface area (Å²) in [4.78, 5) is 20.3. The minimum atomic E-state index is 0.213. The second-order valence-corrected chi connectivity index (χ2v) is 7.39. The molecule has 5 rings (SSSR count). The standard InChI is InChI=1S/C20H14N6OS/c21-20-22-4-3-18(25-20)24-14-6-13-9-23-26-19(13)15(8-14)17-7-12-5-11(10-27)1-2-16(12)28-17/h1-10H,(H,23,26)(H3,21,22,24,25). The molecule has 4 N–H and O–H groups in total. The molecule has 5 aromatic rings. The maximum atomic E-state index is 11.1. The van der Waals surface area contributed by atoms with Gasteiger partial charge in [0.2, 0.25) is 5.95 Å². The summed E-state index contributed by atoms with van der Waals surface area (Å²) in [6.45, 7) is 0. The largest absolute Gasteiger partial charge is 0.368 e. The zero-order valence-corrected chi connectivity index (χ0v) is 15.3. The highest BCUT2D eigenvalue weighted by atomic mass is 32.1. The van der Waals surface area contributed by atoms with Gasteiger partial charge in [-0.15, -0.1) is 11.3 Å². The first-order valence-corrected chi connectivity index (χ1v) is 9.33. The van der Waals surface area contributed by atoms with Crippen molar-refractivity contribution >= 4 is 56.1 Å². The monoisotopic (exact) mass is 386 g/mol. The van der Waals surface area contributed by atoms with Crippen LogP contribution in [0.4, 0.5) is 17.5 Å². The molecule has 136 valence electrons. The van der Waals surface area contributed by atoms with Crippen LogP contribution in [0.25, 0.3) is 31.4 Å². The summed E-state index contributed by atoms with van der Waals surface area (Å²) in [6.07, 6.45) is 4.26. The van der Waals surface area contributed by atoms with Gasteiger partial charge in [-0.3, -0.25) is 9.89 Å². The zero-order chi connectivity index (χ0) is 19.1. The number of nitrogen functional groups attached to an aromatic ring is 1. The van der Waals surface area contributed by atoms with Gasteiger partial charge in [0.25, 0.3) is 0 Å². The van der Waals surface area contributed by atoms with Gasteiger partial charge in [0.1, 0.15) is 12.1 Å². The van der Waals surface area contributed by atoms with Crippen molar-refractivity contribution in [3.05, 3.63) is 60.4 Å². The molecule has 3 heterocycles. The van der Waals surface area contributed by atoms with Crippen molar-refractivity contribution in [3.63, 3.8) is 0 Å². The van der Waals surface area contributed by atoms with E-state index in [2.05, 4.69) is 31.5 Å². The van der Waals surface area contributed by atoms with Crippen LogP contribution < -0.4 is 11.1 Å². The Labute approximate surface area is 163 Å². The second-order valence-electron chi connectivity index (χ2n) is 6.31. The summed E-state index contributed by atoms with van der Waals surface area (Å²) in [7, 11) is 0. The van der Waals surface area contributed by atoms with Crippen LogP contribution in [0.1, 0.15) is 10.4 Å². The van der Waals surface area contributed by atoms with Gasteiger partial charge in [0.05, 0.1) is 11.7 Å². The third-order valence-electron chi connectivity index (χ3n) is 4.44. The predicted octanol–water partition coefficient (Wildman–Crippen LogP) is 4.37. The van der Waals surface area contributed by atoms with Gasteiger partial charge < -0.3 is 11.1 Å².